The second-order valence-corrected chi connectivity index (χ2v) is 8.70. The van der Waals surface area contributed by atoms with Crippen molar-refractivity contribution in [1.82, 2.24) is 19.6 Å². The lowest BCUT2D eigenvalue weighted by Crippen LogP contribution is -2.49. The van der Waals surface area contributed by atoms with Crippen LogP contribution in [0.5, 0.6) is 5.75 Å². The van der Waals surface area contributed by atoms with E-state index in [1.54, 1.807) is 7.11 Å². The van der Waals surface area contributed by atoms with Gasteiger partial charge in [-0.3, -0.25) is 4.79 Å². The standard InChI is InChI=1S/C24H29N5O3/c1-16-14-17(2)29(22(16)24-25-23(26-32-24)18-4-5-18)15-21(30)28-12-10-27(11-13-28)19-6-8-20(31-3)9-7-19/h6-9,14,18H,4-5,10-13,15H2,1-3H3. The van der Waals surface area contributed by atoms with Crippen LogP contribution in [0.3, 0.4) is 0 Å². The van der Waals surface area contributed by atoms with Crippen LogP contribution in [-0.4, -0.2) is 58.8 Å². The highest BCUT2D eigenvalue weighted by atomic mass is 16.5. The van der Waals surface area contributed by atoms with Gasteiger partial charge in [-0.05, 0) is 62.6 Å². The summed E-state index contributed by atoms with van der Waals surface area (Å²) < 4.78 is 12.8. The number of piperazine rings is 1. The van der Waals surface area contributed by atoms with Crippen molar-refractivity contribution in [1.29, 1.82) is 0 Å². The molecule has 1 amide bonds. The molecule has 0 atom stereocenters. The van der Waals surface area contributed by atoms with Crippen LogP contribution < -0.4 is 9.64 Å². The van der Waals surface area contributed by atoms with E-state index in [1.165, 1.54) is 0 Å². The second kappa shape index (κ2) is 8.33. The Morgan fingerprint density at radius 2 is 1.84 bits per heavy atom. The Bertz CT molecular complexity index is 1110. The van der Waals surface area contributed by atoms with Gasteiger partial charge >= 0.3 is 0 Å². The third-order valence-corrected chi connectivity index (χ3v) is 6.44. The number of hydrogen-bond donors (Lipinski definition) is 0. The molecule has 32 heavy (non-hydrogen) atoms. The molecule has 3 heterocycles. The molecule has 3 aromatic rings. The van der Waals surface area contributed by atoms with Crippen LogP contribution in [0.1, 0.15) is 35.8 Å². The molecule has 1 saturated heterocycles. The molecule has 1 aliphatic carbocycles. The average molecular weight is 436 g/mol. The van der Waals surface area contributed by atoms with E-state index in [0.717, 1.165) is 60.1 Å². The zero-order valence-electron chi connectivity index (χ0n) is 18.9. The molecule has 8 heteroatoms. The number of carbonyl (C=O) groups is 1. The first-order valence-electron chi connectivity index (χ1n) is 11.2. The molecule has 0 N–H and O–H groups in total. The molecule has 0 spiro atoms. The van der Waals surface area contributed by atoms with Crippen molar-refractivity contribution < 1.29 is 14.1 Å². The van der Waals surface area contributed by atoms with Crippen LogP contribution in [0.4, 0.5) is 5.69 Å². The fraction of sp³-hybridized carbons (Fsp3) is 0.458. The number of anilines is 1. The Hall–Kier alpha value is -3.29. The van der Waals surface area contributed by atoms with Gasteiger partial charge in [-0.15, -0.1) is 0 Å². The van der Waals surface area contributed by atoms with Gasteiger partial charge in [0.05, 0.1) is 7.11 Å². The molecule has 0 bridgehead atoms. The zero-order valence-corrected chi connectivity index (χ0v) is 18.9. The van der Waals surface area contributed by atoms with Crippen LogP contribution in [0.2, 0.25) is 0 Å². The Labute approximate surface area is 187 Å². The predicted octanol–water partition coefficient (Wildman–Crippen LogP) is 3.39. The largest absolute Gasteiger partial charge is 0.497 e. The van der Waals surface area contributed by atoms with E-state index in [4.69, 9.17) is 9.26 Å². The number of carbonyl (C=O) groups excluding carboxylic acids is 1. The van der Waals surface area contributed by atoms with Crippen molar-refractivity contribution >= 4 is 11.6 Å². The topological polar surface area (TPSA) is 76.6 Å². The van der Waals surface area contributed by atoms with Crippen molar-refractivity contribution in [2.24, 2.45) is 0 Å². The fourth-order valence-corrected chi connectivity index (χ4v) is 4.42. The molecule has 0 unspecified atom stereocenters. The van der Waals surface area contributed by atoms with Crippen molar-refractivity contribution in [2.45, 2.75) is 39.2 Å². The number of rotatable bonds is 6. The summed E-state index contributed by atoms with van der Waals surface area (Å²) in [4.78, 5) is 22.0. The van der Waals surface area contributed by atoms with E-state index in [9.17, 15) is 4.79 Å². The third kappa shape index (κ3) is 3.97. The summed E-state index contributed by atoms with van der Waals surface area (Å²) in [6.45, 7) is 7.34. The minimum atomic E-state index is 0.112. The number of amides is 1. The van der Waals surface area contributed by atoms with Gasteiger partial charge in [-0.2, -0.15) is 4.98 Å². The molecule has 5 rings (SSSR count). The molecule has 1 aromatic carbocycles. The lowest BCUT2D eigenvalue weighted by molar-refractivity contribution is -0.132. The maximum atomic E-state index is 13.2. The lowest BCUT2D eigenvalue weighted by atomic mass is 10.2. The predicted molar refractivity (Wildman–Crippen MR) is 121 cm³/mol. The first kappa shape index (κ1) is 20.6. The van der Waals surface area contributed by atoms with Gasteiger partial charge < -0.3 is 23.6 Å². The summed E-state index contributed by atoms with van der Waals surface area (Å²) >= 11 is 0. The number of methoxy groups -OCH3 is 1. The van der Waals surface area contributed by atoms with E-state index < -0.39 is 0 Å². The summed E-state index contributed by atoms with van der Waals surface area (Å²) in [6, 6.07) is 10.1. The molecule has 168 valence electrons. The Morgan fingerprint density at radius 1 is 1.12 bits per heavy atom. The SMILES string of the molecule is COc1ccc(N2CCN(C(=O)Cn3c(C)cc(C)c3-c3nc(C4CC4)no3)CC2)cc1. The molecule has 1 aliphatic heterocycles. The van der Waals surface area contributed by atoms with Crippen LogP contribution >= 0.6 is 0 Å². The number of ether oxygens (including phenoxy) is 1. The molecular formula is C24H29N5O3. The van der Waals surface area contributed by atoms with Gasteiger partial charge in [0, 0.05) is 43.5 Å². The van der Waals surface area contributed by atoms with Gasteiger partial charge in [0.15, 0.2) is 5.82 Å². The smallest absolute Gasteiger partial charge is 0.274 e. The quantitative estimate of drug-likeness (QED) is 0.591. The number of aromatic nitrogens is 3. The van der Waals surface area contributed by atoms with Crippen LogP contribution in [0.15, 0.2) is 34.9 Å². The van der Waals surface area contributed by atoms with Crippen LogP contribution in [0, 0.1) is 13.8 Å². The van der Waals surface area contributed by atoms with Crippen molar-refractivity contribution in [3.63, 3.8) is 0 Å². The summed E-state index contributed by atoms with van der Waals surface area (Å²) in [5.41, 5.74) is 4.08. The molecule has 1 saturated carbocycles. The molecular weight excluding hydrogens is 406 g/mol. The molecule has 2 aliphatic rings. The average Bonchev–Trinajstić information content (AvgIpc) is 3.49. The fourth-order valence-electron chi connectivity index (χ4n) is 4.42. The number of hydrogen-bond acceptors (Lipinski definition) is 6. The molecule has 2 fully saturated rings. The van der Waals surface area contributed by atoms with Gasteiger partial charge in [-0.1, -0.05) is 5.16 Å². The van der Waals surface area contributed by atoms with Crippen molar-refractivity contribution in [3.05, 3.63) is 47.4 Å². The zero-order chi connectivity index (χ0) is 22.2. The lowest BCUT2D eigenvalue weighted by Gasteiger charge is -2.36. The molecule has 2 aromatic heterocycles. The Morgan fingerprint density at radius 3 is 2.50 bits per heavy atom. The van der Waals surface area contributed by atoms with Gasteiger partial charge in [-0.25, -0.2) is 0 Å². The van der Waals surface area contributed by atoms with Crippen molar-refractivity contribution in [2.75, 3.05) is 38.2 Å². The maximum absolute atomic E-state index is 13.2. The van der Waals surface area contributed by atoms with E-state index >= 15 is 0 Å². The third-order valence-electron chi connectivity index (χ3n) is 6.44. The summed E-state index contributed by atoms with van der Waals surface area (Å²) in [7, 11) is 1.67. The Balaban J connectivity index is 1.26. The Kier molecular flexibility index (Phi) is 5.36. The highest BCUT2D eigenvalue weighted by molar-refractivity contribution is 5.77. The van der Waals surface area contributed by atoms with E-state index in [-0.39, 0.29) is 12.5 Å². The normalized spacial score (nSPS) is 16.5. The summed E-state index contributed by atoms with van der Waals surface area (Å²) in [5.74, 6) is 2.68. The van der Waals surface area contributed by atoms with E-state index in [2.05, 4.69) is 33.2 Å². The van der Waals surface area contributed by atoms with Crippen LogP contribution in [0.25, 0.3) is 11.6 Å². The first-order valence-corrected chi connectivity index (χ1v) is 11.2. The van der Waals surface area contributed by atoms with Crippen LogP contribution in [-0.2, 0) is 11.3 Å². The highest BCUT2D eigenvalue weighted by Gasteiger charge is 2.30. The van der Waals surface area contributed by atoms with Crippen molar-refractivity contribution in [3.8, 4) is 17.3 Å². The number of nitrogens with zero attached hydrogens (tertiary/aromatic N) is 5. The maximum Gasteiger partial charge on any atom is 0.274 e. The van der Waals surface area contributed by atoms with Gasteiger partial charge in [0.2, 0.25) is 5.91 Å². The van der Waals surface area contributed by atoms with E-state index in [0.29, 0.717) is 24.9 Å². The number of aryl methyl sites for hydroxylation is 2. The monoisotopic (exact) mass is 435 g/mol. The minimum Gasteiger partial charge on any atom is -0.497 e. The molecule has 8 nitrogen and oxygen atoms in total. The second-order valence-electron chi connectivity index (χ2n) is 8.70. The minimum absolute atomic E-state index is 0.112. The van der Waals surface area contributed by atoms with E-state index in [1.807, 2.05) is 35.4 Å². The first-order chi connectivity index (χ1) is 15.5. The summed E-state index contributed by atoms with van der Waals surface area (Å²) in [5, 5.41) is 4.15. The van der Waals surface area contributed by atoms with Gasteiger partial charge in [0.1, 0.15) is 18.0 Å². The number of benzene rings is 1. The summed E-state index contributed by atoms with van der Waals surface area (Å²) in [6.07, 6.45) is 2.25. The van der Waals surface area contributed by atoms with Gasteiger partial charge in [0.25, 0.3) is 5.89 Å². The highest BCUT2D eigenvalue weighted by Crippen LogP contribution is 2.39. The molecule has 0 radical (unpaired) electrons.